The van der Waals surface area contributed by atoms with E-state index in [0.29, 0.717) is 0 Å². The van der Waals surface area contributed by atoms with Crippen molar-refractivity contribution in [3.63, 3.8) is 0 Å². The molecule has 0 saturated heterocycles. The van der Waals surface area contributed by atoms with Crippen molar-refractivity contribution in [2.24, 2.45) is 5.73 Å². The van der Waals surface area contributed by atoms with Gasteiger partial charge in [0.15, 0.2) is 0 Å². The molecular formula is C11H12N2O2. The fraction of sp³-hybridized carbons (Fsp3) is 0.182. The second-order valence-corrected chi connectivity index (χ2v) is 3.45. The van der Waals surface area contributed by atoms with Gasteiger partial charge in [0, 0.05) is 11.1 Å². The molecule has 1 aromatic carbocycles. The minimum Gasteiger partial charge on any atom is -0.464 e. The molecule has 0 saturated carbocycles. The first-order valence-electron chi connectivity index (χ1n) is 4.70. The number of amides is 1. The lowest BCUT2D eigenvalue weighted by Gasteiger charge is -2.07. The molecule has 0 fully saturated rings. The van der Waals surface area contributed by atoms with Gasteiger partial charge in [-0.05, 0) is 31.2 Å². The molecule has 0 unspecified atom stereocenters. The standard InChI is InChI=1S/C11H12N2O2/c1-7(12)11(14)13-9-2-3-10-8(6-9)4-5-15-10/h2-7H,12H2,1H3,(H,13,14)/t7-/m0/s1. The van der Waals surface area contributed by atoms with Crippen molar-refractivity contribution in [2.75, 3.05) is 5.32 Å². The second-order valence-electron chi connectivity index (χ2n) is 3.45. The third-order valence-electron chi connectivity index (χ3n) is 2.13. The van der Waals surface area contributed by atoms with Crippen LogP contribution in [0.3, 0.4) is 0 Å². The van der Waals surface area contributed by atoms with Gasteiger partial charge in [-0.3, -0.25) is 4.79 Å². The van der Waals surface area contributed by atoms with Crippen LogP contribution >= 0.6 is 0 Å². The Morgan fingerprint density at radius 2 is 2.27 bits per heavy atom. The second kappa shape index (κ2) is 3.74. The summed E-state index contributed by atoms with van der Waals surface area (Å²) in [5, 5.41) is 3.67. The van der Waals surface area contributed by atoms with Crippen molar-refractivity contribution in [1.82, 2.24) is 0 Å². The van der Waals surface area contributed by atoms with Gasteiger partial charge in [-0.25, -0.2) is 0 Å². The van der Waals surface area contributed by atoms with Crippen LogP contribution in [0.2, 0.25) is 0 Å². The fourth-order valence-corrected chi connectivity index (χ4v) is 1.30. The van der Waals surface area contributed by atoms with Crippen LogP contribution in [0.15, 0.2) is 34.9 Å². The molecule has 2 aromatic rings. The zero-order valence-electron chi connectivity index (χ0n) is 8.36. The number of hydrogen-bond acceptors (Lipinski definition) is 3. The molecule has 1 atom stereocenters. The summed E-state index contributed by atoms with van der Waals surface area (Å²) in [7, 11) is 0. The Balaban J connectivity index is 2.25. The van der Waals surface area contributed by atoms with Gasteiger partial charge in [0.25, 0.3) is 0 Å². The molecule has 0 radical (unpaired) electrons. The quantitative estimate of drug-likeness (QED) is 0.782. The molecule has 4 nitrogen and oxygen atoms in total. The number of benzene rings is 1. The first-order valence-corrected chi connectivity index (χ1v) is 4.70. The lowest BCUT2D eigenvalue weighted by Crippen LogP contribution is -2.32. The fourth-order valence-electron chi connectivity index (χ4n) is 1.30. The van der Waals surface area contributed by atoms with Crippen LogP contribution in [0.5, 0.6) is 0 Å². The number of carbonyl (C=O) groups excluding carboxylic acids is 1. The predicted octanol–water partition coefficient (Wildman–Crippen LogP) is 1.72. The molecule has 2 rings (SSSR count). The lowest BCUT2D eigenvalue weighted by molar-refractivity contribution is -0.117. The average molecular weight is 204 g/mol. The molecule has 3 N–H and O–H groups in total. The predicted molar refractivity (Wildman–Crippen MR) is 58.5 cm³/mol. The van der Waals surface area contributed by atoms with E-state index in [1.165, 1.54) is 0 Å². The van der Waals surface area contributed by atoms with Crippen LogP contribution in [-0.2, 0) is 4.79 Å². The minimum atomic E-state index is -0.509. The Kier molecular flexibility index (Phi) is 2.43. The molecule has 0 aliphatic rings. The largest absolute Gasteiger partial charge is 0.464 e. The molecule has 1 amide bonds. The Hall–Kier alpha value is -1.81. The van der Waals surface area contributed by atoms with Gasteiger partial charge >= 0.3 is 0 Å². The minimum absolute atomic E-state index is 0.196. The van der Waals surface area contributed by atoms with Crippen LogP contribution in [0.1, 0.15) is 6.92 Å². The number of furan rings is 1. The number of carbonyl (C=O) groups is 1. The highest BCUT2D eigenvalue weighted by atomic mass is 16.3. The number of nitrogens with two attached hydrogens (primary N) is 1. The van der Waals surface area contributed by atoms with Crippen LogP contribution in [0.25, 0.3) is 11.0 Å². The van der Waals surface area contributed by atoms with Crippen LogP contribution < -0.4 is 11.1 Å². The van der Waals surface area contributed by atoms with Gasteiger partial charge in [-0.1, -0.05) is 0 Å². The van der Waals surface area contributed by atoms with E-state index >= 15 is 0 Å². The topological polar surface area (TPSA) is 68.3 Å². The molecule has 4 heteroatoms. The Labute approximate surface area is 87.1 Å². The zero-order valence-corrected chi connectivity index (χ0v) is 8.36. The summed E-state index contributed by atoms with van der Waals surface area (Å²) in [5.41, 5.74) is 6.97. The van der Waals surface area contributed by atoms with E-state index in [1.807, 2.05) is 18.2 Å². The molecule has 78 valence electrons. The van der Waals surface area contributed by atoms with E-state index < -0.39 is 6.04 Å². The molecule has 0 spiro atoms. The SMILES string of the molecule is C[C@H](N)C(=O)Nc1ccc2occc2c1. The molecule has 0 aliphatic heterocycles. The highest BCUT2D eigenvalue weighted by molar-refractivity contribution is 5.96. The molecule has 0 bridgehead atoms. The van der Waals surface area contributed by atoms with Crippen molar-refractivity contribution in [3.8, 4) is 0 Å². The van der Waals surface area contributed by atoms with E-state index in [1.54, 1.807) is 19.3 Å². The van der Waals surface area contributed by atoms with Gasteiger partial charge in [-0.15, -0.1) is 0 Å². The van der Waals surface area contributed by atoms with Gasteiger partial charge in [0.05, 0.1) is 12.3 Å². The monoisotopic (exact) mass is 204 g/mol. The Morgan fingerprint density at radius 1 is 1.47 bits per heavy atom. The number of anilines is 1. The maximum atomic E-state index is 11.3. The van der Waals surface area contributed by atoms with E-state index in [2.05, 4.69) is 5.32 Å². The third-order valence-corrected chi connectivity index (χ3v) is 2.13. The Morgan fingerprint density at radius 3 is 3.00 bits per heavy atom. The summed E-state index contributed by atoms with van der Waals surface area (Å²) in [6, 6.07) is 6.78. The van der Waals surface area contributed by atoms with E-state index in [0.717, 1.165) is 16.7 Å². The summed E-state index contributed by atoms with van der Waals surface area (Å²) >= 11 is 0. The summed E-state index contributed by atoms with van der Waals surface area (Å²) in [6.45, 7) is 1.64. The van der Waals surface area contributed by atoms with Crippen LogP contribution in [0.4, 0.5) is 5.69 Å². The zero-order chi connectivity index (χ0) is 10.8. The van der Waals surface area contributed by atoms with Crippen LogP contribution in [-0.4, -0.2) is 11.9 Å². The van der Waals surface area contributed by atoms with Crippen molar-refractivity contribution in [1.29, 1.82) is 0 Å². The van der Waals surface area contributed by atoms with Gasteiger partial charge in [-0.2, -0.15) is 0 Å². The normalized spacial score (nSPS) is 12.7. The maximum absolute atomic E-state index is 11.3. The van der Waals surface area contributed by atoms with Crippen molar-refractivity contribution >= 4 is 22.6 Å². The van der Waals surface area contributed by atoms with E-state index in [9.17, 15) is 4.79 Å². The van der Waals surface area contributed by atoms with Gasteiger partial charge in [0.1, 0.15) is 5.58 Å². The maximum Gasteiger partial charge on any atom is 0.240 e. The highest BCUT2D eigenvalue weighted by Gasteiger charge is 2.07. The molecular weight excluding hydrogens is 192 g/mol. The van der Waals surface area contributed by atoms with Crippen molar-refractivity contribution < 1.29 is 9.21 Å². The van der Waals surface area contributed by atoms with Crippen LogP contribution in [0, 0.1) is 0 Å². The number of fused-ring (bicyclic) bond motifs is 1. The number of rotatable bonds is 2. The third kappa shape index (κ3) is 1.99. The van der Waals surface area contributed by atoms with Crippen molar-refractivity contribution in [3.05, 3.63) is 30.5 Å². The van der Waals surface area contributed by atoms with E-state index in [-0.39, 0.29) is 5.91 Å². The van der Waals surface area contributed by atoms with E-state index in [4.69, 9.17) is 10.2 Å². The lowest BCUT2D eigenvalue weighted by atomic mass is 10.2. The smallest absolute Gasteiger partial charge is 0.240 e. The summed E-state index contributed by atoms with van der Waals surface area (Å²) in [5.74, 6) is -0.196. The van der Waals surface area contributed by atoms with Gasteiger partial charge in [0.2, 0.25) is 5.91 Å². The summed E-state index contributed by atoms with van der Waals surface area (Å²) < 4.78 is 5.19. The molecule has 0 aliphatic carbocycles. The highest BCUT2D eigenvalue weighted by Crippen LogP contribution is 2.19. The molecule has 1 heterocycles. The first kappa shape index (κ1) is 9.73. The average Bonchev–Trinajstić information content (AvgIpc) is 2.64. The number of nitrogens with one attached hydrogen (secondary N) is 1. The summed E-state index contributed by atoms with van der Waals surface area (Å²) in [6.07, 6.45) is 1.61. The Bertz CT molecular complexity index is 488. The first-order chi connectivity index (χ1) is 7.16. The number of hydrogen-bond donors (Lipinski definition) is 2. The van der Waals surface area contributed by atoms with Crippen molar-refractivity contribution in [2.45, 2.75) is 13.0 Å². The molecule has 15 heavy (non-hydrogen) atoms. The van der Waals surface area contributed by atoms with Gasteiger partial charge < -0.3 is 15.5 Å². The summed E-state index contributed by atoms with van der Waals surface area (Å²) in [4.78, 5) is 11.3. The molecule has 1 aromatic heterocycles.